The van der Waals surface area contributed by atoms with Gasteiger partial charge >= 0.3 is 0 Å². The van der Waals surface area contributed by atoms with E-state index < -0.39 is 20.2 Å². The molecule has 0 aromatic heterocycles. The van der Waals surface area contributed by atoms with Gasteiger partial charge in [-0.25, -0.2) is 0 Å². The second kappa shape index (κ2) is 7.83. The maximum absolute atomic E-state index is 12.6. The number of ether oxygens (including phenoxy) is 2. The molecule has 10 heteroatoms. The van der Waals surface area contributed by atoms with Gasteiger partial charge in [0, 0.05) is 0 Å². The number of rotatable bonds is 8. The third-order valence-corrected chi connectivity index (χ3v) is 9.08. The van der Waals surface area contributed by atoms with E-state index in [1.54, 1.807) is 0 Å². The summed E-state index contributed by atoms with van der Waals surface area (Å²) in [5, 5.41) is 0. The highest BCUT2D eigenvalue weighted by molar-refractivity contribution is 7.87. The summed E-state index contributed by atoms with van der Waals surface area (Å²) in [6.07, 6.45) is 6.35. The van der Waals surface area contributed by atoms with E-state index in [1.165, 1.54) is 18.2 Å². The van der Waals surface area contributed by atoms with Gasteiger partial charge in [0.25, 0.3) is 20.2 Å². The zero-order chi connectivity index (χ0) is 20.9. The first kappa shape index (κ1) is 20.8. The SMILES string of the molecule is O=S(=O)(OCC1CCC2OC2C1)c1cccc(S(=O)(=O)OCC2CCC3OC3C2)c1. The van der Waals surface area contributed by atoms with Crippen molar-refractivity contribution in [3.63, 3.8) is 0 Å². The predicted octanol–water partition coefficient (Wildman–Crippen LogP) is 2.23. The predicted molar refractivity (Wildman–Crippen MR) is 105 cm³/mol. The van der Waals surface area contributed by atoms with Gasteiger partial charge in [0.2, 0.25) is 0 Å². The van der Waals surface area contributed by atoms with Crippen LogP contribution in [-0.4, -0.2) is 54.5 Å². The summed E-state index contributed by atoms with van der Waals surface area (Å²) in [7, 11) is -8.12. The fraction of sp³-hybridized carbons (Fsp3) is 0.700. The number of epoxide rings is 2. The van der Waals surface area contributed by atoms with Crippen LogP contribution in [-0.2, 0) is 38.1 Å². The van der Waals surface area contributed by atoms with E-state index in [4.69, 9.17) is 17.8 Å². The number of fused-ring (bicyclic) bond motifs is 2. The Morgan fingerprint density at radius 3 is 1.63 bits per heavy atom. The number of hydrogen-bond donors (Lipinski definition) is 0. The van der Waals surface area contributed by atoms with Crippen LogP contribution in [0.15, 0.2) is 34.1 Å². The van der Waals surface area contributed by atoms with Gasteiger partial charge in [-0.3, -0.25) is 8.37 Å². The van der Waals surface area contributed by atoms with Gasteiger partial charge in [-0.2, -0.15) is 16.8 Å². The van der Waals surface area contributed by atoms with E-state index in [0.29, 0.717) is 12.2 Å². The van der Waals surface area contributed by atoms with Crippen LogP contribution in [0.25, 0.3) is 0 Å². The molecule has 0 radical (unpaired) electrons. The smallest absolute Gasteiger partial charge is 0.297 e. The van der Waals surface area contributed by atoms with Crippen LogP contribution < -0.4 is 0 Å². The minimum Gasteiger partial charge on any atom is -0.370 e. The fourth-order valence-corrected chi connectivity index (χ4v) is 6.69. The van der Waals surface area contributed by atoms with Crippen molar-refractivity contribution in [3.05, 3.63) is 24.3 Å². The fourth-order valence-electron chi connectivity index (χ4n) is 4.57. The average Bonchev–Trinajstić information content (AvgIpc) is 3.65. The molecule has 8 nitrogen and oxygen atoms in total. The molecule has 5 rings (SSSR count). The van der Waals surface area contributed by atoms with Gasteiger partial charge in [0.1, 0.15) is 0 Å². The van der Waals surface area contributed by atoms with Crippen molar-refractivity contribution in [2.75, 3.05) is 13.2 Å². The molecule has 0 bridgehead atoms. The molecule has 2 aliphatic carbocycles. The van der Waals surface area contributed by atoms with Crippen molar-refractivity contribution in [2.24, 2.45) is 11.8 Å². The molecule has 0 amide bonds. The maximum atomic E-state index is 12.6. The lowest BCUT2D eigenvalue weighted by Crippen LogP contribution is -2.21. The molecular weight excluding hydrogens is 432 g/mol. The van der Waals surface area contributed by atoms with Crippen molar-refractivity contribution in [3.8, 4) is 0 Å². The number of hydrogen-bond acceptors (Lipinski definition) is 8. The Bertz CT molecular complexity index is 928. The van der Waals surface area contributed by atoms with Crippen molar-refractivity contribution in [2.45, 2.75) is 72.7 Å². The van der Waals surface area contributed by atoms with E-state index in [1.807, 2.05) is 0 Å². The van der Waals surface area contributed by atoms with E-state index in [-0.39, 0.29) is 47.0 Å². The average molecular weight is 459 g/mol. The van der Waals surface area contributed by atoms with Crippen LogP contribution in [0.5, 0.6) is 0 Å². The van der Waals surface area contributed by atoms with E-state index in [9.17, 15) is 16.8 Å². The Morgan fingerprint density at radius 2 is 1.20 bits per heavy atom. The molecule has 1 aromatic carbocycles. The molecule has 166 valence electrons. The maximum Gasteiger partial charge on any atom is 0.297 e. The lowest BCUT2D eigenvalue weighted by atomic mass is 9.90. The minimum absolute atomic E-state index is 0.0777. The third kappa shape index (κ3) is 4.58. The summed E-state index contributed by atoms with van der Waals surface area (Å²) in [6, 6.07) is 5.16. The zero-order valence-electron chi connectivity index (χ0n) is 16.5. The van der Waals surface area contributed by atoms with Gasteiger partial charge in [-0.15, -0.1) is 0 Å². The van der Waals surface area contributed by atoms with Crippen LogP contribution in [0.3, 0.4) is 0 Å². The Kier molecular flexibility index (Phi) is 5.44. The van der Waals surface area contributed by atoms with Gasteiger partial charge in [-0.1, -0.05) is 6.07 Å². The Balaban J connectivity index is 1.20. The summed E-state index contributed by atoms with van der Waals surface area (Å²) in [5.74, 6) is 0.258. The second-order valence-corrected chi connectivity index (χ2v) is 12.0. The standard InChI is InChI=1S/C20H26O8S2/c21-29(22,25-11-13-4-6-17-19(8-13)27-17)15-2-1-3-16(10-15)30(23,24)26-12-14-5-7-18-20(9-14)28-18/h1-3,10,13-14,17-20H,4-9,11-12H2. The van der Waals surface area contributed by atoms with Crippen LogP contribution in [0, 0.1) is 11.8 Å². The number of benzene rings is 1. The van der Waals surface area contributed by atoms with Crippen molar-refractivity contribution < 1.29 is 34.7 Å². The molecule has 4 aliphatic rings. The molecule has 2 saturated heterocycles. The monoisotopic (exact) mass is 458 g/mol. The van der Waals surface area contributed by atoms with Gasteiger partial charge in [-0.05, 0) is 68.6 Å². The molecule has 2 heterocycles. The molecule has 6 unspecified atom stereocenters. The van der Waals surface area contributed by atoms with Crippen LogP contribution in [0.2, 0.25) is 0 Å². The highest BCUT2D eigenvalue weighted by Gasteiger charge is 2.45. The Morgan fingerprint density at radius 1 is 0.733 bits per heavy atom. The lowest BCUT2D eigenvalue weighted by Gasteiger charge is -2.19. The summed E-state index contributed by atoms with van der Waals surface area (Å²) in [4.78, 5) is -0.370. The van der Waals surface area contributed by atoms with Gasteiger partial charge in [0.05, 0.1) is 47.4 Å². The lowest BCUT2D eigenvalue weighted by molar-refractivity contribution is 0.221. The first-order chi connectivity index (χ1) is 14.3. The molecule has 4 fully saturated rings. The quantitative estimate of drug-likeness (QED) is 0.431. The molecule has 1 aromatic rings. The van der Waals surface area contributed by atoms with E-state index >= 15 is 0 Å². The third-order valence-electron chi connectivity index (χ3n) is 6.53. The summed E-state index contributed by atoms with van der Waals surface area (Å²) in [6.45, 7) is 0.155. The molecule has 6 atom stereocenters. The zero-order valence-corrected chi connectivity index (χ0v) is 18.1. The molecule has 0 spiro atoms. The van der Waals surface area contributed by atoms with Crippen LogP contribution in [0.1, 0.15) is 38.5 Å². The minimum atomic E-state index is -4.06. The molecular formula is C20H26O8S2. The first-order valence-corrected chi connectivity index (χ1v) is 13.3. The molecule has 30 heavy (non-hydrogen) atoms. The highest BCUT2D eigenvalue weighted by Crippen LogP contribution is 2.40. The Hall–Kier alpha value is -1.04. The van der Waals surface area contributed by atoms with E-state index in [2.05, 4.69) is 0 Å². The summed E-state index contributed by atoms with van der Waals surface area (Å²) < 4.78 is 71.7. The molecule has 2 aliphatic heterocycles. The molecule has 2 saturated carbocycles. The Labute approximate surface area is 177 Å². The first-order valence-electron chi connectivity index (χ1n) is 10.5. The van der Waals surface area contributed by atoms with Crippen LogP contribution in [0.4, 0.5) is 0 Å². The van der Waals surface area contributed by atoms with Crippen molar-refractivity contribution in [1.82, 2.24) is 0 Å². The molecule has 0 N–H and O–H groups in total. The van der Waals surface area contributed by atoms with Gasteiger partial charge in [0.15, 0.2) is 0 Å². The normalized spacial score (nSPS) is 35.3. The second-order valence-electron chi connectivity index (χ2n) is 8.74. The van der Waals surface area contributed by atoms with Crippen LogP contribution >= 0.6 is 0 Å². The van der Waals surface area contributed by atoms with Crippen molar-refractivity contribution >= 4 is 20.2 Å². The van der Waals surface area contributed by atoms with E-state index in [0.717, 1.165) is 44.6 Å². The van der Waals surface area contributed by atoms with Crippen molar-refractivity contribution in [1.29, 1.82) is 0 Å². The summed E-state index contributed by atoms with van der Waals surface area (Å²) >= 11 is 0. The topological polar surface area (TPSA) is 112 Å². The highest BCUT2D eigenvalue weighted by atomic mass is 32.2. The van der Waals surface area contributed by atoms with Gasteiger partial charge < -0.3 is 9.47 Å². The largest absolute Gasteiger partial charge is 0.370 e. The summed E-state index contributed by atoms with van der Waals surface area (Å²) in [5.41, 5.74) is 0.